The monoisotopic (exact) mass is 438 g/mol. The molecular formula is C18H27ClO10. The highest BCUT2D eigenvalue weighted by molar-refractivity contribution is 6.64. The minimum atomic E-state index is -1.51. The van der Waals surface area contributed by atoms with Gasteiger partial charge in [-0.1, -0.05) is 13.8 Å². The zero-order chi connectivity index (χ0) is 22.4. The van der Waals surface area contributed by atoms with Crippen molar-refractivity contribution in [1.82, 2.24) is 0 Å². The first kappa shape index (κ1) is 25.3. The Kier molecular flexibility index (Phi) is 9.47. The van der Waals surface area contributed by atoms with Crippen molar-refractivity contribution in [1.29, 1.82) is 0 Å². The van der Waals surface area contributed by atoms with Gasteiger partial charge in [0.1, 0.15) is 18.8 Å². The molecule has 0 aromatic heterocycles. The Morgan fingerprint density at radius 1 is 1.00 bits per heavy atom. The molecule has 10 nitrogen and oxygen atoms in total. The van der Waals surface area contributed by atoms with E-state index in [1.165, 1.54) is 6.92 Å². The Balaban J connectivity index is 2.99. The number of aliphatic hydroxyl groups excluding tert-OH is 1. The van der Waals surface area contributed by atoms with Crippen molar-refractivity contribution < 1.29 is 48.0 Å². The standard InChI is InChI=1S/C18H27ClO10/c1-9(20)26-8-12-14(27-10(2)21)15(28-11(3)22)13(23)16(29-12)25-7-6-18(4,5)17(19)24/h12-16,23H,6-8H2,1-5H3/t12-,13-,14+,15-,16-/m1/s1. The van der Waals surface area contributed by atoms with Crippen molar-refractivity contribution >= 4 is 34.8 Å². The Bertz CT molecular complexity index is 620. The fraction of sp³-hybridized carbons (Fsp3) is 0.778. The van der Waals surface area contributed by atoms with E-state index in [-0.39, 0.29) is 19.6 Å². The molecule has 1 aliphatic rings. The molecule has 0 aromatic rings. The summed E-state index contributed by atoms with van der Waals surface area (Å²) in [5, 5.41) is 10.0. The molecule has 11 heteroatoms. The molecule has 29 heavy (non-hydrogen) atoms. The molecule has 1 rings (SSSR count). The van der Waals surface area contributed by atoms with E-state index < -0.39 is 59.3 Å². The van der Waals surface area contributed by atoms with E-state index in [1.54, 1.807) is 13.8 Å². The summed E-state index contributed by atoms with van der Waals surface area (Å²) in [5.74, 6) is -2.05. The van der Waals surface area contributed by atoms with Crippen molar-refractivity contribution in [2.75, 3.05) is 13.2 Å². The molecule has 166 valence electrons. The number of hydrogen-bond acceptors (Lipinski definition) is 10. The summed E-state index contributed by atoms with van der Waals surface area (Å²) in [4.78, 5) is 45.6. The van der Waals surface area contributed by atoms with Crippen molar-refractivity contribution in [2.24, 2.45) is 5.41 Å². The van der Waals surface area contributed by atoms with Crippen LogP contribution in [-0.4, -0.2) is 72.2 Å². The number of hydrogen-bond donors (Lipinski definition) is 1. The quantitative estimate of drug-likeness (QED) is 0.311. The molecule has 1 N–H and O–H groups in total. The summed E-state index contributed by atoms with van der Waals surface area (Å²) in [7, 11) is 0. The van der Waals surface area contributed by atoms with E-state index in [0.717, 1.165) is 13.8 Å². The Hall–Kier alpha value is -1.75. The van der Waals surface area contributed by atoms with Gasteiger partial charge in [0.25, 0.3) is 0 Å². The highest BCUT2D eigenvalue weighted by atomic mass is 35.5. The summed E-state index contributed by atoms with van der Waals surface area (Å²) in [6.45, 7) is 6.35. The van der Waals surface area contributed by atoms with Gasteiger partial charge >= 0.3 is 17.9 Å². The van der Waals surface area contributed by atoms with Gasteiger partial charge in [-0.15, -0.1) is 0 Å². The smallest absolute Gasteiger partial charge is 0.303 e. The highest BCUT2D eigenvalue weighted by Crippen LogP contribution is 2.29. The molecular weight excluding hydrogens is 412 g/mol. The lowest BCUT2D eigenvalue weighted by atomic mass is 9.91. The number of halogens is 1. The zero-order valence-corrected chi connectivity index (χ0v) is 17.8. The average Bonchev–Trinajstić information content (AvgIpc) is 2.57. The molecule has 0 radical (unpaired) electrons. The summed E-state index contributed by atoms with van der Waals surface area (Å²) in [6.07, 6.45) is -6.20. The molecule has 1 saturated heterocycles. The number of ether oxygens (including phenoxy) is 5. The van der Waals surface area contributed by atoms with Gasteiger partial charge in [0.2, 0.25) is 5.24 Å². The maximum atomic E-state index is 11.5. The first-order valence-electron chi connectivity index (χ1n) is 8.98. The van der Waals surface area contributed by atoms with Gasteiger partial charge < -0.3 is 28.8 Å². The van der Waals surface area contributed by atoms with Crippen LogP contribution in [0.15, 0.2) is 0 Å². The second kappa shape index (κ2) is 10.9. The van der Waals surface area contributed by atoms with E-state index in [4.69, 9.17) is 35.3 Å². The van der Waals surface area contributed by atoms with Crippen LogP contribution in [0, 0.1) is 5.41 Å². The lowest BCUT2D eigenvalue weighted by molar-refractivity contribution is -0.306. The van der Waals surface area contributed by atoms with Crippen LogP contribution in [0.4, 0.5) is 0 Å². The normalized spacial score (nSPS) is 27.1. The van der Waals surface area contributed by atoms with Crippen LogP contribution < -0.4 is 0 Å². The molecule has 1 aliphatic heterocycles. The predicted octanol–water partition coefficient (Wildman–Crippen LogP) is 0.697. The fourth-order valence-electron chi connectivity index (χ4n) is 2.55. The Morgan fingerprint density at radius 2 is 1.55 bits per heavy atom. The second-order valence-electron chi connectivity index (χ2n) is 7.26. The first-order chi connectivity index (χ1) is 13.3. The van der Waals surface area contributed by atoms with Crippen LogP contribution in [0.25, 0.3) is 0 Å². The predicted molar refractivity (Wildman–Crippen MR) is 97.6 cm³/mol. The van der Waals surface area contributed by atoms with Crippen LogP contribution in [0.3, 0.4) is 0 Å². The third kappa shape index (κ3) is 7.88. The molecule has 0 unspecified atom stereocenters. The molecule has 1 fully saturated rings. The summed E-state index contributed by atoms with van der Waals surface area (Å²) in [5.41, 5.74) is -0.867. The number of carbonyl (C=O) groups is 4. The SMILES string of the molecule is CC(=O)OC[C@H]1O[C@@H](OCCC(C)(C)C(=O)Cl)[C@H](O)[C@@H](OC(C)=O)[C@H]1OC(C)=O. The number of carbonyl (C=O) groups excluding carboxylic acids is 4. The topological polar surface area (TPSA) is 135 Å². The Labute approximate surface area is 173 Å². The van der Waals surface area contributed by atoms with Gasteiger partial charge in [-0.25, -0.2) is 0 Å². The molecule has 5 atom stereocenters. The second-order valence-corrected chi connectivity index (χ2v) is 7.61. The summed E-state index contributed by atoms with van der Waals surface area (Å²) < 4.78 is 26.3. The molecule has 0 aromatic carbocycles. The number of esters is 3. The molecule has 0 bridgehead atoms. The molecule has 0 spiro atoms. The first-order valence-corrected chi connectivity index (χ1v) is 9.36. The summed E-state index contributed by atoms with van der Waals surface area (Å²) >= 11 is 5.53. The van der Waals surface area contributed by atoms with Crippen LogP contribution in [0.5, 0.6) is 0 Å². The minimum absolute atomic E-state index is 0.0154. The third-order valence-corrected chi connectivity index (χ3v) is 4.72. The number of rotatable bonds is 9. The number of aliphatic hydroxyl groups is 1. The lowest BCUT2D eigenvalue weighted by Crippen LogP contribution is -2.62. The van der Waals surface area contributed by atoms with Crippen LogP contribution in [0.1, 0.15) is 41.0 Å². The van der Waals surface area contributed by atoms with E-state index in [2.05, 4.69) is 0 Å². The molecule has 1 heterocycles. The van der Waals surface area contributed by atoms with E-state index in [0.29, 0.717) is 0 Å². The molecule has 0 aliphatic carbocycles. The van der Waals surface area contributed by atoms with Crippen molar-refractivity contribution in [3.8, 4) is 0 Å². The zero-order valence-electron chi connectivity index (χ0n) is 17.0. The Morgan fingerprint density at radius 3 is 2.03 bits per heavy atom. The van der Waals surface area contributed by atoms with Gasteiger partial charge in [-0.05, 0) is 18.0 Å². The maximum absolute atomic E-state index is 11.5. The largest absolute Gasteiger partial charge is 0.463 e. The van der Waals surface area contributed by atoms with E-state index in [1.807, 2.05) is 0 Å². The lowest BCUT2D eigenvalue weighted by Gasteiger charge is -2.43. The van der Waals surface area contributed by atoms with Gasteiger partial charge in [0, 0.05) is 26.2 Å². The van der Waals surface area contributed by atoms with Gasteiger partial charge in [-0.3, -0.25) is 19.2 Å². The van der Waals surface area contributed by atoms with Crippen molar-refractivity contribution in [3.63, 3.8) is 0 Å². The van der Waals surface area contributed by atoms with E-state index in [9.17, 15) is 24.3 Å². The third-order valence-electron chi connectivity index (χ3n) is 4.21. The van der Waals surface area contributed by atoms with Crippen LogP contribution in [-0.2, 0) is 42.9 Å². The van der Waals surface area contributed by atoms with E-state index >= 15 is 0 Å². The fourth-order valence-corrected chi connectivity index (χ4v) is 2.65. The van der Waals surface area contributed by atoms with Crippen LogP contribution >= 0.6 is 11.6 Å². The van der Waals surface area contributed by atoms with Crippen LogP contribution in [0.2, 0.25) is 0 Å². The van der Waals surface area contributed by atoms with Crippen molar-refractivity contribution in [3.05, 3.63) is 0 Å². The van der Waals surface area contributed by atoms with Crippen molar-refractivity contribution in [2.45, 2.75) is 71.7 Å². The highest BCUT2D eigenvalue weighted by Gasteiger charge is 2.50. The molecule has 0 amide bonds. The molecule has 0 saturated carbocycles. The van der Waals surface area contributed by atoms with Gasteiger partial charge in [0.05, 0.1) is 6.61 Å². The average molecular weight is 439 g/mol. The summed E-state index contributed by atoms with van der Waals surface area (Å²) in [6, 6.07) is 0. The maximum Gasteiger partial charge on any atom is 0.303 e. The van der Waals surface area contributed by atoms with Gasteiger partial charge in [-0.2, -0.15) is 0 Å². The van der Waals surface area contributed by atoms with Gasteiger partial charge in [0.15, 0.2) is 18.5 Å². The minimum Gasteiger partial charge on any atom is -0.463 e.